The maximum Gasteiger partial charge on any atom is 0.330 e. The number of amides is 1. The summed E-state index contributed by atoms with van der Waals surface area (Å²) >= 11 is 0. The van der Waals surface area contributed by atoms with Crippen molar-refractivity contribution < 1.29 is 19.4 Å². The number of nitrogens with one attached hydrogen (secondary N) is 1. The minimum absolute atomic E-state index is 0.162. The first-order valence-corrected chi connectivity index (χ1v) is 8.69. The second-order valence-electron chi connectivity index (χ2n) is 6.86. The average Bonchev–Trinajstić information content (AvgIpc) is 3.03. The summed E-state index contributed by atoms with van der Waals surface area (Å²) in [5.74, 6) is -0.589. The van der Waals surface area contributed by atoms with Crippen LogP contribution in [0.15, 0.2) is 30.3 Å². The molecule has 0 saturated heterocycles. The first-order valence-electron chi connectivity index (χ1n) is 8.69. The molecule has 0 fully saturated rings. The molecule has 5 nitrogen and oxygen atoms in total. The van der Waals surface area contributed by atoms with E-state index in [0.717, 1.165) is 40.0 Å². The first-order chi connectivity index (χ1) is 12.3. The van der Waals surface area contributed by atoms with Crippen molar-refractivity contribution in [2.75, 3.05) is 6.61 Å². The zero-order chi connectivity index (χ0) is 18.8. The maximum atomic E-state index is 12.5. The van der Waals surface area contributed by atoms with E-state index in [-0.39, 0.29) is 12.3 Å². The van der Waals surface area contributed by atoms with Gasteiger partial charge in [-0.15, -0.1) is 0 Å². The summed E-state index contributed by atoms with van der Waals surface area (Å²) in [6, 6.07) is 8.28. The van der Waals surface area contributed by atoms with Crippen LogP contribution >= 0.6 is 0 Å². The monoisotopic (exact) mass is 353 g/mol. The topological polar surface area (TPSA) is 75.6 Å². The molecule has 0 saturated carbocycles. The molecule has 0 aromatic heterocycles. The van der Waals surface area contributed by atoms with Crippen LogP contribution in [0.5, 0.6) is 5.75 Å². The van der Waals surface area contributed by atoms with Crippen LogP contribution in [0, 0.1) is 20.8 Å². The zero-order valence-corrected chi connectivity index (χ0v) is 15.3. The van der Waals surface area contributed by atoms with Crippen LogP contribution in [0.2, 0.25) is 0 Å². The molecule has 5 heteroatoms. The number of carboxylic acid groups (broad SMARTS) is 1. The number of hydrogen-bond acceptors (Lipinski definition) is 3. The van der Waals surface area contributed by atoms with Gasteiger partial charge in [0, 0.05) is 6.42 Å². The van der Waals surface area contributed by atoms with E-state index in [1.54, 1.807) is 12.1 Å². The van der Waals surface area contributed by atoms with E-state index in [4.69, 9.17) is 4.74 Å². The Bertz CT molecular complexity index is 849. The van der Waals surface area contributed by atoms with E-state index in [1.807, 2.05) is 39.0 Å². The van der Waals surface area contributed by atoms with Crippen LogP contribution in [-0.2, 0) is 22.4 Å². The highest BCUT2D eigenvalue weighted by Crippen LogP contribution is 2.28. The summed E-state index contributed by atoms with van der Waals surface area (Å²) < 4.78 is 5.45. The lowest BCUT2D eigenvalue weighted by Crippen LogP contribution is -2.35. The molecule has 0 radical (unpaired) electrons. The number of hydrogen-bond donors (Lipinski definition) is 2. The van der Waals surface area contributed by atoms with E-state index in [1.165, 1.54) is 0 Å². The molecular formula is C21H23NO4. The molecule has 136 valence electrons. The lowest BCUT2D eigenvalue weighted by Gasteiger charge is -2.17. The fourth-order valence-electron chi connectivity index (χ4n) is 3.54. The molecule has 2 aromatic rings. The van der Waals surface area contributed by atoms with Gasteiger partial charge in [0.1, 0.15) is 5.75 Å². The Balaban J connectivity index is 1.78. The molecule has 0 spiro atoms. The van der Waals surface area contributed by atoms with Crippen molar-refractivity contribution in [3.05, 3.63) is 63.7 Å². The van der Waals surface area contributed by atoms with Crippen molar-refractivity contribution in [2.45, 2.75) is 39.7 Å². The fourth-order valence-corrected chi connectivity index (χ4v) is 3.54. The third kappa shape index (κ3) is 3.72. The van der Waals surface area contributed by atoms with Gasteiger partial charge in [0.05, 0.1) is 13.0 Å². The predicted molar refractivity (Wildman–Crippen MR) is 98.5 cm³/mol. The maximum absolute atomic E-state index is 12.5. The Hall–Kier alpha value is -2.82. The Kier molecular flexibility index (Phi) is 4.98. The van der Waals surface area contributed by atoms with Gasteiger partial charge in [-0.2, -0.15) is 0 Å². The number of aryl methyl sites for hydroxylation is 3. The molecule has 0 aliphatic carbocycles. The third-order valence-corrected chi connectivity index (χ3v) is 4.78. The summed E-state index contributed by atoms with van der Waals surface area (Å²) in [6.45, 7) is 6.56. The number of ether oxygens (including phenoxy) is 1. The van der Waals surface area contributed by atoms with Gasteiger partial charge >= 0.3 is 5.97 Å². The van der Waals surface area contributed by atoms with Crippen molar-refractivity contribution in [3.63, 3.8) is 0 Å². The largest absolute Gasteiger partial charge is 0.493 e. The van der Waals surface area contributed by atoms with E-state index in [0.29, 0.717) is 12.2 Å². The van der Waals surface area contributed by atoms with Crippen molar-refractivity contribution in [2.24, 2.45) is 0 Å². The van der Waals surface area contributed by atoms with Crippen molar-refractivity contribution >= 4 is 11.9 Å². The Labute approximate surface area is 153 Å². The number of fused-ring (bicyclic) bond motifs is 1. The van der Waals surface area contributed by atoms with Gasteiger partial charge < -0.3 is 15.2 Å². The minimum Gasteiger partial charge on any atom is -0.493 e. The van der Waals surface area contributed by atoms with Crippen LogP contribution in [0.1, 0.15) is 39.4 Å². The molecule has 1 amide bonds. The quantitative estimate of drug-likeness (QED) is 0.866. The molecule has 3 rings (SSSR count). The second-order valence-corrected chi connectivity index (χ2v) is 6.86. The van der Waals surface area contributed by atoms with Crippen LogP contribution < -0.4 is 10.1 Å². The van der Waals surface area contributed by atoms with Crippen LogP contribution in [0.25, 0.3) is 0 Å². The Morgan fingerprint density at radius 1 is 1.15 bits per heavy atom. The van der Waals surface area contributed by atoms with E-state index >= 15 is 0 Å². The summed E-state index contributed by atoms with van der Waals surface area (Å²) in [5, 5.41) is 12.3. The van der Waals surface area contributed by atoms with Gasteiger partial charge in [-0.3, -0.25) is 4.79 Å². The molecule has 1 heterocycles. The third-order valence-electron chi connectivity index (χ3n) is 4.78. The molecule has 0 bridgehead atoms. The molecule has 1 aliphatic heterocycles. The lowest BCUT2D eigenvalue weighted by atomic mass is 9.96. The van der Waals surface area contributed by atoms with E-state index in [2.05, 4.69) is 5.32 Å². The number of rotatable bonds is 5. The summed E-state index contributed by atoms with van der Waals surface area (Å²) in [4.78, 5) is 24.2. The van der Waals surface area contributed by atoms with Crippen LogP contribution in [-0.4, -0.2) is 23.6 Å². The molecule has 1 unspecified atom stereocenters. The van der Waals surface area contributed by atoms with Gasteiger partial charge in [0.2, 0.25) is 5.91 Å². The number of aliphatic carboxylic acids is 1. The zero-order valence-electron chi connectivity index (χ0n) is 15.3. The SMILES string of the molecule is Cc1cc(C)c(CC(=O)NC(C(=O)O)c2ccc3c(c2)CCO3)c(C)c1. The smallest absolute Gasteiger partial charge is 0.330 e. The second kappa shape index (κ2) is 7.20. The summed E-state index contributed by atoms with van der Waals surface area (Å²) in [6.07, 6.45) is 0.918. The minimum atomic E-state index is -1.07. The first kappa shape index (κ1) is 18.0. The highest BCUT2D eigenvalue weighted by molar-refractivity contribution is 5.86. The number of carboxylic acids is 1. The molecule has 2 aromatic carbocycles. The average molecular weight is 353 g/mol. The highest BCUT2D eigenvalue weighted by Gasteiger charge is 2.24. The number of benzene rings is 2. The van der Waals surface area contributed by atoms with Gasteiger partial charge in [0.15, 0.2) is 6.04 Å². The molecule has 26 heavy (non-hydrogen) atoms. The molecule has 2 N–H and O–H groups in total. The summed E-state index contributed by atoms with van der Waals surface area (Å²) in [7, 11) is 0. The molecule has 1 atom stereocenters. The number of carbonyl (C=O) groups excluding carboxylic acids is 1. The Morgan fingerprint density at radius 2 is 1.85 bits per heavy atom. The van der Waals surface area contributed by atoms with Crippen LogP contribution in [0.3, 0.4) is 0 Å². The van der Waals surface area contributed by atoms with Crippen LogP contribution in [0.4, 0.5) is 0 Å². The van der Waals surface area contributed by atoms with Crippen molar-refractivity contribution in [1.82, 2.24) is 5.32 Å². The highest BCUT2D eigenvalue weighted by atomic mass is 16.5. The van der Waals surface area contributed by atoms with E-state index in [9.17, 15) is 14.7 Å². The van der Waals surface area contributed by atoms with Crippen molar-refractivity contribution in [1.29, 1.82) is 0 Å². The molecular weight excluding hydrogens is 330 g/mol. The van der Waals surface area contributed by atoms with Crippen molar-refractivity contribution in [3.8, 4) is 5.75 Å². The predicted octanol–water partition coefficient (Wildman–Crippen LogP) is 3.03. The van der Waals surface area contributed by atoms with Gasteiger partial charge in [-0.25, -0.2) is 4.79 Å². The molecule has 1 aliphatic rings. The lowest BCUT2D eigenvalue weighted by molar-refractivity contribution is -0.141. The van der Waals surface area contributed by atoms with E-state index < -0.39 is 12.0 Å². The number of carbonyl (C=O) groups is 2. The standard InChI is InChI=1S/C21H23NO4/c1-12-8-13(2)17(14(3)9-12)11-19(23)22-20(21(24)25)16-4-5-18-15(10-16)6-7-26-18/h4-5,8-10,20H,6-7,11H2,1-3H3,(H,22,23)(H,24,25). The van der Waals surface area contributed by atoms with Gasteiger partial charge in [-0.05, 0) is 60.7 Å². The van der Waals surface area contributed by atoms with Gasteiger partial charge in [0.25, 0.3) is 0 Å². The Morgan fingerprint density at radius 3 is 2.50 bits per heavy atom. The normalized spacial score (nSPS) is 13.7. The fraction of sp³-hybridized carbons (Fsp3) is 0.333. The summed E-state index contributed by atoms with van der Waals surface area (Å²) in [5.41, 5.74) is 5.71. The van der Waals surface area contributed by atoms with Gasteiger partial charge in [-0.1, -0.05) is 23.8 Å².